The molecule has 0 amide bonds. The highest BCUT2D eigenvalue weighted by atomic mass is 127. The molecule has 52 heavy (non-hydrogen) atoms. The van der Waals surface area contributed by atoms with E-state index in [0.29, 0.717) is 30.9 Å². The predicted molar refractivity (Wildman–Crippen MR) is 212 cm³/mol. The van der Waals surface area contributed by atoms with Gasteiger partial charge in [0.05, 0.1) is 11.1 Å². The number of aromatic nitrogens is 3. The number of amidine groups is 2. The molecule has 4 aliphatic heterocycles. The van der Waals surface area contributed by atoms with Crippen LogP contribution < -0.4 is 20.9 Å². The van der Waals surface area contributed by atoms with Crippen molar-refractivity contribution >= 4 is 62.3 Å². The molecule has 3 atom stereocenters. The lowest BCUT2D eigenvalue weighted by atomic mass is 9.81. The van der Waals surface area contributed by atoms with Crippen LogP contribution in [0.25, 0.3) is 11.1 Å². The number of ether oxygens (including phenoxy) is 4. The average Bonchev–Trinajstić information content (AvgIpc) is 3.75. The fourth-order valence-electron chi connectivity index (χ4n) is 6.53. The Hall–Kier alpha value is -4.41. The van der Waals surface area contributed by atoms with Crippen molar-refractivity contribution in [3.63, 3.8) is 0 Å². The van der Waals surface area contributed by atoms with Crippen LogP contribution in [0.4, 0.5) is 0 Å². The van der Waals surface area contributed by atoms with Gasteiger partial charge in [0.2, 0.25) is 11.8 Å². The lowest BCUT2D eigenvalue weighted by Gasteiger charge is -2.33. The van der Waals surface area contributed by atoms with Crippen LogP contribution in [0, 0.1) is 9.49 Å². The Morgan fingerprint density at radius 3 is 2.10 bits per heavy atom. The zero-order valence-corrected chi connectivity index (χ0v) is 32.7. The molecule has 0 bridgehead atoms. The van der Waals surface area contributed by atoms with Crippen molar-refractivity contribution in [2.45, 2.75) is 36.2 Å². The van der Waals surface area contributed by atoms with Crippen LogP contribution >= 0.6 is 50.3 Å². The normalized spacial score (nSPS) is 20.7. The molecule has 5 aromatic rings. The fraction of sp³-hybridized carbons (Fsp3) is 0.237. The Balaban J connectivity index is 0.000000160. The molecule has 9 rings (SSSR count). The molecule has 0 aliphatic carbocycles. The van der Waals surface area contributed by atoms with E-state index in [1.165, 1.54) is 0 Å². The summed E-state index contributed by atoms with van der Waals surface area (Å²) in [6.45, 7) is 5.14. The number of aliphatic imine (C=N–C) groups is 2. The van der Waals surface area contributed by atoms with Gasteiger partial charge in [-0.05, 0) is 98.5 Å². The van der Waals surface area contributed by atoms with Crippen molar-refractivity contribution < 1.29 is 18.9 Å². The first kappa shape index (κ1) is 34.7. The number of halogens is 2. The van der Waals surface area contributed by atoms with Crippen LogP contribution in [-0.2, 0) is 20.6 Å². The maximum atomic E-state index is 6.19. The summed E-state index contributed by atoms with van der Waals surface area (Å²) in [6.07, 6.45) is 8.34. The summed E-state index contributed by atoms with van der Waals surface area (Å²) in [6, 6.07) is 20.4. The van der Waals surface area contributed by atoms with Gasteiger partial charge in [0, 0.05) is 60.2 Å². The van der Waals surface area contributed by atoms with Crippen LogP contribution in [0.5, 0.6) is 23.3 Å². The zero-order chi connectivity index (χ0) is 36.0. The number of benzene rings is 2. The molecule has 0 saturated carbocycles. The quantitative estimate of drug-likeness (QED) is 0.131. The topological polar surface area (TPSA) is 152 Å². The SMILES string of the molecule is CCC(C)CSc1cnc2c(c1)[C@]1(COC(N)=N1)c1cc(-c3cccnc3)ccc1O2.NC1=N[C@@]2(CO1)c1cc(I)ccc1Oc1ncc(Br)cc12. The molecule has 4 aliphatic rings. The van der Waals surface area contributed by atoms with Crippen LogP contribution in [0.3, 0.4) is 0 Å². The summed E-state index contributed by atoms with van der Waals surface area (Å²) >= 11 is 7.52. The van der Waals surface area contributed by atoms with E-state index in [4.69, 9.17) is 35.4 Å². The number of nitrogens with zero attached hydrogens (tertiary/aromatic N) is 5. The van der Waals surface area contributed by atoms with Gasteiger partial charge in [0.1, 0.15) is 24.7 Å². The predicted octanol–water partition coefficient (Wildman–Crippen LogP) is 8.12. The summed E-state index contributed by atoms with van der Waals surface area (Å²) in [5.74, 6) is 4.21. The third-order valence-electron chi connectivity index (χ3n) is 9.45. The maximum Gasteiger partial charge on any atom is 0.283 e. The summed E-state index contributed by atoms with van der Waals surface area (Å²) in [5, 5.41) is 0. The van der Waals surface area contributed by atoms with Crippen molar-refractivity contribution in [3.8, 4) is 34.4 Å². The van der Waals surface area contributed by atoms with E-state index < -0.39 is 11.1 Å². The number of hydrogen-bond donors (Lipinski definition) is 2. The van der Waals surface area contributed by atoms with E-state index in [-0.39, 0.29) is 12.0 Å². The molecule has 4 N–H and O–H groups in total. The second-order valence-corrected chi connectivity index (χ2v) is 16.1. The Morgan fingerprint density at radius 2 is 1.46 bits per heavy atom. The Labute approximate surface area is 326 Å². The molecule has 0 saturated heterocycles. The molecular weight excluding hydrogens is 857 g/mol. The van der Waals surface area contributed by atoms with E-state index in [2.05, 4.69) is 84.4 Å². The maximum absolute atomic E-state index is 6.19. The van der Waals surface area contributed by atoms with Gasteiger partial charge in [-0.15, -0.1) is 11.8 Å². The molecule has 2 aromatic carbocycles. The Kier molecular flexibility index (Phi) is 9.24. The van der Waals surface area contributed by atoms with Crippen molar-refractivity contribution in [2.24, 2.45) is 27.4 Å². The Morgan fingerprint density at radius 1 is 0.808 bits per heavy atom. The molecular formula is C38H33BrIN7O4S. The second-order valence-electron chi connectivity index (χ2n) is 12.8. The number of rotatable bonds is 5. The van der Waals surface area contributed by atoms with Crippen LogP contribution in [0.15, 0.2) is 105 Å². The van der Waals surface area contributed by atoms with Gasteiger partial charge >= 0.3 is 0 Å². The number of pyridine rings is 3. The lowest BCUT2D eigenvalue weighted by Crippen LogP contribution is -2.31. The highest BCUT2D eigenvalue weighted by molar-refractivity contribution is 14.1. The monoisotopic (exact) mass is 889 g/mol. The minimum Gasteiger partial charge on any atom is -0.462 e. The van der Waals surface area contributed by atoms with Gasteiger partial charge in [-0.25, -0.2) is 20.0 Å². The molecule has 1 unspecified atom stereocenters. The van der Waals surface area contributed by atoms with Gasteiger partial charge in [-0.3, -0.25) is 4.98 Å². The lowest BCUT2D eigenvalue weighted by molar-refractivity contribution is 0.262. The van der Waals surface area contributed by atoms with Crippen LogP contribution in [-0.4, -0.2) is 46.0 Å². The van der Waals surface area contributed by atoms with Gasteiger partial charge in [-0.1, -0.05) is 32.4 Å². The van der Waals surface area contributed by atoms with Crippen LogP contribution in [0.2, 0.25) is 0 Å². The van der Waals surface area contributed by atoms with Gasteiger partial charge < -0.3 is 30.4 Å². The first-order valence-electron chi connectivity index (χ1n) is 16.6. The minimum absolute atomic E-state index is 0.184. The second kappa shape index (κ2) is 13.9. The molecule has 0 fully saturated rings. The average molecular weight is 891 g/mol. The molecule has 2 spiro atoms. The number of hydrogen-bond acceptors (Lipinski definition) is 12. The van der Waals surface area contributed by atoms with Crippen molar-refractivity contribution in [2.75, 3.05) is 19.0 Å². The van der Waals surface area contributed by atoms with Crippen molar-refractivity contribution in [3.05, 3.63) is 116 Å². The Bertz CT molecular complexity index is 2210. The number of fused-ring (bicyclic) bond motifs is 8. The molecule has 7 heterocycles. The van der Waals surface area contributed by atoms with E-state index in [0.717, 1.165) is 70.0 Å². The third-order valence-corrected chi connectivity index (χ3v) is 11.8. The summed E-state index contributed by atoms with van der Waals surface area (Å²) in [5.41, 5.74) is 16.0. The molecule has 264 valence electrons. The highest BCUT2D eigenvalue weighted by Crippen LogP contribution is 2.52. The van der Waals surface area contributed by atoms with E-state index in [9.17, 15) is 0 Å². The van der Waals surface area contributed by atoms with Crippen molar-refractivity contribution in [1.82, 2.24) is 15.0 Å². The summed E-state index contributed by atoms with van der Waals surface area (Å²) < 4.78 is 25.2. The number of nitrogens with two attached hydrogens (primary N) is 2. The molecule has 3 aromatic heterocycles. The molecule has 14 heteroatoms. The van der Waals surface area contributed by atoms with Gasteiger partial charge in [0.25, 0.3) is 12.0 Å². The van der Waals surface area contributed by atoms with E-state index >= 15 is 0 Å². The summed E-state index contributed by atoms with van der Waals surface area (Å²) in [7, 11) is 0. The van der Waals surface area contributed by atoms with E-state index in [1.807, 2.05) is 60.9 Å². The van der Waals surface area contributed by atoms with Gasteiger partial charge in [-0.2, -0.15) is 0 Å². The first-order valence-corrected chi connectivity index (χ1v) is 19.5. The molecule has 11 nitrogen and oxygen atoms in total. The zero-order valence-electron chi connectivity index (χ0n) is 28.2. The van der Waals surface area contributed by atoms with Gasteiger partial charge in [0.15, 0.2) is 11.1 Å². The van der Waals surface area contributed by atoms with Crippen LogP contribution in [0.1, 0.15) is 42.5 Å². The first-order chi connectivity index (χ1) is 25.2. The standard InChI is InChI=1S/C24H24N4O2S.C14H9BrIN3O2/c1-3-15(2)13-31-18-10-20-22(27-12-18)30-21-7-6-16(17-5-4-8-26-11-17)9-19(21)24(20)14-29-23(25)28-24;15-7-3-10-12(18-5-7)21-11-2-1-8(16)4-9(11)14(10)6-20-13(17)19-14/h4-12,15H,3,13-14H2,1-2H3,(H2,25,28);1-5H,6H2,(H2,17,19)/t15?,24-;14-/m00/s1. The minimum atomic E-state index is -0.773. The number of thioether (sulfide) groups is 1. The fourth-order valence-corrected chi connectivity index (χ4v) is 8.40. The summed E-state index contributed by atoms with van der Waals surface area (Å²) in [4.78, 5) is 23.7. The largest absolute Gasteiger partial charge is 0.462 e. The molecule has 0 radical (unpaired) electrons. The smallest absolute Gasteiger partial charge is 0.283 e. The highest BCUT2D eigenvalue weighted by Gasteiger charge is 2.49. The van der Waals surface area contributed by atoms with Crippen molar-refractivity contribution in [1.29, 1.82) is 0 Å². The third kappa shape index (κ3) is 6.23. The van der Waals surface area contributed by atoms with E-state index in [1.54, 1.807) is 24.2 Å².